The second-order valence-corrected chi connectivity index (χ2v) is 9.32. The van der Waals surface area contributed by atoms with E-state index < -0.39 is 0 Å². The zero-order chi connectivity index (χ0) is 20.1. The van der Waals surface area contributed by atoms with Crippen LogP contribution in [0.4, 0.5) is 9.93 Å². The Morgan fingerprint density at radius 1 is 1.29 bits per heavy atom. The first kappa shape index (κ1) is 20.6. The minimum Gasteiger partial charge on any atom is -0.494 e. The lowest BCUT2D eigenvalue weighted by Crippen LogP contribution is -2.30. The number of nitrogens with zero attached hydrogens (tertiary/aromatic N) is 2. The van der Waals surface area contributed by atoms with Crippen molar-refractivity contribution in [2.75, 3.05) is 32.1 Å². The number of hydrogen-bond acceptors (Lipinski definition) is 5. The number of carbonyl (C=O) groups is 1. The van der Waals surface area contributed by atoms with Crippen LogP contribution < -0.4 is 15.4 Å². The average Bonchev–Trinajstić information content (AvgIpc) is 3.02. The molecule has 1 aromatic heterocycles. The molecule has 6 nitrogen and oxygen atoms in total. The van der Waals surface area contributed by atoms with E-state index in [0.29, 0.717) is 18.3 Å². The lowest BCUT2D eigenvalue weighted by atomic mass is 9.87. The normalized spacial score (nSPS) is 14.4. The third-order valence-corrected chi connectivity index (χ3v) is 5.74. The quantitative estimate of drug-likeness (QED) is 0.716. The van der Waals surface area contributed by atoms with E-state index in [1.54, 1.807) is 11.3 Å². The SMILES string of the molecule is CN1CCc2nc(NC(=O)NCCCOc3ccc(C(C)(C)C)cc3)sc2C1. The molecule has 0 aliphatic carbocycles. The smallest absolute Gasteiger partial charge is 0.321 e. The van der Waals surface area contributed by atoms with Crippen LogP contribution in [0.25, 0.3) is 0 Å². The highest BCUT2D eigenvalue weighted by atomic mass is 32.1. The standard InChI is InChI=1S/C21H30N4O2S/c1-21(2,3)15-6-8-16(9-7-15)27-13-5-11-22-19(26)24-20-23-17-10-12-25(4)14-18(17)28-20/h6-9H,5,10-14H2,1-4H3,(H2,22,23,24,26). The number of rotatable bonds is 6. The van der Waals surface area contributed by atoms with Crippen LogP contribution in [-0.4, -0.2) is 42.7 Å². The fourth-order valence-electron chi connectivity index (χ4n) is 3.03. The van der Waals surface area contributed by atoms with Gasteiger partial charge in [0.1, 0.15) is 5.75 Å². The Morgan fingerprint density at radius 3 is 2.75 bits per heavy atom. The third kappa shape index (κ3) is 5.69. The molecule has 0 fully saturated rings. The van der Waals surface area contributed by atoms with Crippen LogP contribution in [0.15, 0.2) is 24.3 Å². The molecule has 1 aliphatic heterocycles. The number of carbonyl (C=O) groups excluding carboxylic acids is 1. The molecule has 0 saturated heterocycles. The highest BCUT2D eigenvalue weighted by molar-refractivity contribution is 7.15. The molecule has 0 unspecified atom stereocenters. The zero-order valence-corrected chi connectivity index (χ0v) is 18.0. The molecule has 0 atom stereocenters. The largest absolute Gasteiger partial charge is 0.494 e. The average molecular weight is 403 g/mol. The summed E-state index contributed by atoms with van der Waals surface area (Å²) in [6, 6.07) is 8.00. The van der Waals surface area contributed by atoms with Gasteiger partial charge in [0.15, 0.2) is 5.13 Å². The lowest BCUT2D eigenvalue weighted by Gasteiger charge is -2.20. The van der Waals surface area contributed by atoms with Crippen molar-refractivity contribution in [2.24, 2.45) is 0 Å². The molecular formula is C21H30N4O2S. The maximum absolute atomic E-state index is 12.0. The van der Waals surface area contributed by atoms with Gasteiger partial charge in [-0.25, -0.2) is 9.78 Å². The van der Waals surface area contributed by atoms with E-state index in [1.165, 1.54) is 10.4 Å². The molecule has 0 bridgehead atoms. The summed E-state index contributed by atoms with van der Waals surface area (Å²) in [6.45, 7) is 9.62. The molecule has 3 rings (SSSR count). The van der Waals surface area contributed by atoms with Crippen molar-refractivity contribution >= 4 is 22.5 Å². The fraction of sp³-hybridized carbons (Fsp3) is 0.524. The van der Waals surface area contributed by atoms with Gasteiger partial charge in [-0.2, -0.15) is 0 Å². The molecule has 0 spiro atoms. The number of hydrogen-bond donors (Lipinski definition) is 2. The summed E-state index contributed by atoms with van der Waals surface area (Å²) in [5.74, 6) is 0.857. The van der Waals surface area contributed by atoms with Gasteiger partial charge in [-0.15, -0.1) is 11.3 Å². The molecule has 2 aromatic rings. The molecule has 28 heavy (non-hydrogen) atoms. The number of amides is 2. The van der Waals surface area contributed by atoms with Crippen LogP contribution in [0.3, 0.4) is 0 Å². The number of nitrogens with one attached hydrogen (secondary N) is 2. The van der Waals surface area contributed by atoms with Crippen LogP contribution in [0.2, 0.25) is 0 Å². The van der Waals surface area contributed by atoms with Crippen LogP contribution in [0.1, 0.15) is 43.3 Å². The van der Waals surface area contributed by atoms with Crippen LogP contribution in [0.5, 0.6) is 5.75 Å². The first-order valence-corrected chi connectivity index (χ1v) is 10.6. The number of urea groups is 1. The fourth-order valence-corrected chi connectivity index (χ4v) is 4.12. The minimum absolute atomic E-state index is 0.141. The van der Waals surface area contributed by atoms with Gasteiger partial charge in [-0.3, -0.25) is 5.32 Å². The van der Waals surface area contributed by atoms with Gasteiger partial charge in [0.25, 0.3) is 0 Å². The van der Waals surface area contributed by atoms with Crippen LogP contribution in [0, 0.1) is 0 Å². The summed E-state index contributed by atoms with van der Waals surface area (Å²) in [6.07, 6.45) is 1.69. The number of thiazole rings is 1. The van der Waals surface area contributed by atoms with E-state index in [9.17, 15) is 4.79 Å². The highest BCUT2D eigenvalue weighted by Crippen LogP contribution is 2.27. The van der Waals surface area contributed by atoms with Gasteiger partial charge < -0.3 is 15.0 Å². The molecule has 1 aliphatic rings. The highest BCUT2D eigenvalue weighted by Gasteiger charge is 2.19. The van der Waals surface area contributed by atoms with Gasteiger partial charge in [0.2, 0.25) is 0 Å². The number of anilines is 1. The molecule has 7 heteroatoms. The van der Waals surface area contributed by atoms with Gasteiger partial charge in [-0.05, 0) is 36.6 Å². The number of fused-ring (bicyclic) bond motifs is 1. The van der Waals surface area contributed by atoms with Crippen molar-refractivity contribution in [3.63, 3.8) is 0 Å². The van der Waals surface area contributed by atoms with Gasteiger partial charge >= 0.3 is 6.03 Å². The maximum atomic E-state index is 12.0. The maximum Gasteiger partial charge on any atom is 0.321 e. The molecule has 1 aromatic carbocycles. The second-order valence-electron chi connectivity index (χ2n) is 8.23. The molecule has 2 amide bonds. The van der Waals surface area contributed by atoms with E-state index in [-0.39, 0.29) is 11.4 Å². The predicted molar refractivity (Wildman–Crippen MR) is 114 cm³/mol. The van der Waals surface area contributed by atoms with Gasteiger partial charge in [-0.1, -0.05) is 32.9 Å². The van der Waals surface area contributed by atoms with E-state index >= 15 is 0 Å². The van der Waals surface area contributed by atoms with Crippen molar-refractivity contribution < 1.29 is 9.53 Å². The Kier molecular flexibility index (Phi) is 6.57. The Labute approximate surface area is 171 Å². The van der Waals surface area contributed by atoms with Crippen LogP contribution >= 0.6 is 11.3 Å². The lowest BCUT2D eigenvalue weighted by molar-refractivity contribution is 0.250. The summed E-state index contributed by atoms with van der Waals surface area (Å²) in [4.78, 5) is 20.1. The minimum atomic E-state index is -0.214. The van der Waals surface area contributed by atoms with Crippen LogP contribution in [-0.2, 0) is 18.4 Å². The summed E-state index contributed by atoms with van der Waals surface area (Å²) >= 11 is 1.56. The third-order valence-electron chi connectivity index (χ3n) is 4.74. The number of ether oxygens (including phenoxy) is 1. The first-order chi connectivity index (χ1) is 13.3. The Morgan fingerprint density at radius 2 is 2.04 bits per heavy atom. The number of aromatic nitrogens is 1. The Balaban J connectivity index is 1.35. The summed E-state index contributed by atoms with van der Waals surface area (Å²) in [5, 5.41) is 6.38. The summed E-state index contributed by atoms with van der Waals surface area (Å²) < 4.78 is 5.75. The van der Waals surface area contributed by atoms with Crippen molar-refractivity contribution in [3.8, 4) is 5.75 Å². The number of likely N-dealkylation sites (N-methyl/N-ethyl adjacent to an activating group) is 1. The van der Waals surface area contributed by atoms with Crippen molar-refractivity contribution in [1.82, 2.24) is 15.2 Å². The summed E-state index contributed by atoms with van der Waals surface area (Å²) in [7, 11) is 2.10. The van der Waals surface area contributed by atoms with E-state index in [4.69, 9.17) is 4.74 Å². The second kappa shape index (κ2) is 8.92. The van der Waals surface area contributed by atoms with E-state index in [0.717, 1.165) is 37.4 Å². The molecule has 0 saturated carbocycles. The molecule has 0 radical (unpaired) electrons. The molecular weight excluding hydrogens is 372 g/mol. The van der Waals surface area contributed by atoms with E-state index in [1.807, 2.05) is 12.1 Å². The first-order valence-electron chi connectivity index (χ1n) is 9.76. The number of benzene rings is 1. The zero-order valence-electron chi connectivity index (χ0n) is 17.2. The van der Waals surface area contributed by atoms with Crippen molar-refractivity contribution in [3.05, 3.63) is 40.4 Å². The molecule has 2 N–H and O–H groups in total. The predicted octanol–water partition coefficient (Wildman–Crippen LogP) is 4.02. The summed E-state index contributed by atoms with van der Waals surface area (Å²) in [5.41, 5.74) is 2.54. The van der Waals surface area contributed by atoms with E-state index in [2.05, 4.69) is 60.5 Å². The molecule has 2 heterocycles. The topological polar surface area (TPSA) is 66.5 Å². The Bertz CT molecular complexity index is 796. The van der Waals surface area contributed by atoms with Crippen molar-refractivity contribution in [2.45, 2.75) is 45.6 Å². The van der Waals surface area contributed by atoms with Gasteiger partial charge in [0, 0.05) is 30.9 Å². The van der Waals surface area contributed by atoms with Crippen molar-refractivity contribution in [1.29, 1.82) is 0 Å². The van der Waals surface area contributed by atoms with Gasteiger partial charge in [0.05, 0.1) is 12.3 Å². The monoisotopic (exact) mass is 402 g/mol. The Hall–Kier alpha value is -2.12. The molecule has 152 valence electrons.